The quantitative estimate of drug-likeness (QED) is 0.765. The van der Waals surface area contributed by atoms with Gasteiger partial charge < -0.3 is 10.4 Å². The number of carbonyl (C=O) groups is 3. The highest BCUT2D eigenvalue weighted by atomic mass is 16.4. The number of carboxylic acids is 1. The number of carbonyl (C=O) groups excluding carboxylic acids is 2. The molecule has 0 heterocycles. The van der Waals surface area contributed by atoms with Crippen LogP contribution < -0.4 is 5.32 Å². The molecular weight excluding hydrogens is 234 g/mol. The molecule has 1 atom stereocenters. The molecule has 5 heteroatoms. The lowest BCUT2D eigenvalue weighted by atomic mass is 9.86. The molecule has 0 aliphatic heterocycles. The van der Waals surface area contributed by atoms with Gasteiger partial charge in [0, 0.05) is 12.1 Å². The highest BCUT2D eigenvalue weighted by molar-refractivity contribution is 6.02. The lowest BCUT2D eigenvalue weighted by molar-refractivity contribution is -0.152. The molecule has 0 saturated carbocycles. The van der Waals surface area contributed by atoms with Crippen LogP contribution in [0.3, 0.4) is 0 Å². The van der Waals surface area contributed by atoms with Gasteiger partial charge in [0.2, 0.25) is 0 Å². The van der Waals surface area contributed by atoms with E-state index >= 15 is 0 Å². The number of carboxylic acid groups (broad SMARTS) is 1. The number of aliphatic carboxylic acids is 1. The van der Waals surface area contributed by atoms with Crippen molar-refractivity contribution in [3.8, 4) is 0 Å². The van der Waals surface area contributed by atoms with Crippen LogP contribution in [0.25, 0.3) is 0 Å². The van der Waals surface area contributed by atoms with Crippen molar-refractivity contribution >= 4 is 17.7 Å². The van der Waals surface area contributed by atoms with Crippen molar-refractivity contribution < 1.29 is 19.5 Å². The number of rotatable bonds is 5. The average molecular weight is 249 g/mol. The van der Waals surface area contributed by atoms with Gasteiger partial charge >= 0.3 is 5.97 Å². The Morgan fingerprint density at radius 2 is 1.78 bits per heavy atom. The summed E-state index contributed by atoms with van der Waals surface area (Å²) in [6.45, 7) is 2.26. The molecule has 0 aliphatic rings. The standard InChI is InChI=1S/C13H15NO4/c1-9(15)13(2,12(17)18)8-14-11(16)10-6-4-3-5-7-10/h3-7H,8H2,1-2H3,(H,14,16)(H,17,18). The van der Waals surface area contributed by atoms with E-state index in [9.17, 15) is 14.4 Å². The zero-order valence-corrected chi connectivity index (χ0v) is 10.3. The van der Waals surface area contributed by atoms with E-state index in [2.05, 4.69) is 5.32 Å². The summed E-state index contributed by atoms with van der Waals surface area (Å²) in [5.41, 5.74) is -1.17. The maximum absolute atomic E-state index is 11.7. The number of Topliss-reactive ketones (excluding diaryl/α,β-unsaturated/α-hetero) is 1. The summed E-state index contributed by atoms with van der Waals surface area (Å²) in [7, 11) is 0. The fourth-order valence-electron chi connectivity index (χ4n) is 1.30. The van der Waals surface area contributed by atoms with Crippen LogP contribution in [0.4, 0.5) is 0 Å². The predicted molar refractivity (Wildman–Crippen MR) is 65.2 cm³/mol. The van der Waals surface area contributed by atoms with Gasteiger partial charge in [0.25, 0.3) is 5.91 Å². The molecule has 0 aromatic heterocycles. The van der Waals surface area contributed by atoms with Gasteiger partial charge in [-0.2, -0.15) is 0 Å². The van der Waals surface area contributed by atoms with Gasteiger partial charge in [-0.3, -0.25) is 14.4 Å². The van der Waals surface area contributed by atoms with E-state index < -0.39 is 23.1 Å². The van der Waals surface area contributed by atoms with Gasteiger partial charge in [-0.05, 0) is 26.0 Å². The summed E-state index contributed by atoms with van der Waals surface area (Å²) < 4.78 is 0. The maximum atomic E-state index is 11.7. The Kier molecular flexibility index (Phi) is 4.20. The molecule has 0 spiro atoms. The van der Waals surface area contributed by atoms with E-state index in [-0.39, 0.29) is 6.54 Å². The van der Waals surface area contributed by atoms with Crippen LogP contribution in [-0.4, -0.2) is 29.3 Å². The van der Waals surface area contributed by atoms with Crippen LogP contribution in [0.1, 0.15) is 24.2 Å². The van der Waals surface area contributed by atoms with Gasteiger partial charge in [0.05, 0.1) is 0 Å². The van der Waals surface area contributed by atoms with Gasteiger partial charge in [0.15, 0.2) is 0 Å². The number of nitrogens with one attached hydrogen (secondary N) is 1. The lowest BCUT2D eigenvalue weighted by Crippen LogP contribution is -2.45. The second-order valence-corrected chi connectivity index (χ2v) is 4.24. The van der Waals surface area contributed by atoms with Gasteiger partial charge in [-0.1, -0.05) is 18.2 Å². The summed E-state index contributed by atoms with van der Waals surface area (Å²) in [6.07, 6.45) is 0. The molecule has 1 unspecified atom stereocenters. The second-order valence-electron chi connectivity index (χ2n) is 4.24. The van der Waals surface area contributed by atoms with Gasteiger partial charge in [0.1, 0.15) is 11.2 Å². The van der Waals surface area contributed by atoms with Crippen LogP contribution in [0.15, 0.2) is 30.3 Å². The van der Waals surface area contributed by atoms with Crippen LogP contribution in [-0.2, 0) is 9.59 Å². The van der Waals surface area contributed by atoms with E-state index in [0.29, 0.717) is 5.56 Å². The minimum Gasteiger partial charge on any atom is -0.480 e. The van der Waals surface area contributed by atoms with Gasteiger partial charge in [-0.25, -0.2) is 0 Å². The third-order valence-electron chi connectivity index (χ3n) is 2.89. The molecule has 5 nitrogen and oxygen atoms in total. The molecular formula is C13H15NO4. The Morgan fingerprint density at radius 1 is 1.22 bits per heavy atom. The predicted octanol–water partition coefficient (Wildman–Crippen LogP) is 1.10. The highest BCUT2D eigenvalue weighted by Gasteiger charge is 2.38. The largest absolute Gasteiger partial charge is 0.480 e. The van der Waals surface area contributed by atoms with Crippen molar-refractivity contribution in [2.24, 2.45) is 5.41 Å². The smallest absolute Gasteiger partial charge is 0.318 e. The van der Waals surface area contributed by atoms with E-state index in [1.807, 2.05) is 0 Å². The van der Waals surface area contributed by atoms with Gasteiger partial charge in [-0.15, -0.1) is 0 Å². The topological polar surface area (TPSA) is 83.5 Å². The molecule has 1 aromatic carbocycles. The molecule has 0 aliphatic carbocycles. The second kappa shape index (κ2) is 5.44. The van der Waals surface area contributed by atoms with E-state index in [1.54, 1.807) is 30.3 Å². The summed E-state index contributed by atoms with van der Waals surface area (Å²) in [4.78, 5) is 34.1. The summed E-state index contributed by atoms with van der Waals surface area (Å²) in [5, 5.41) is 11.5. The molecule has 18 heavy (non-hydrogen) atoms. The first-order valence-corrected chi connectivity index (χ1v) is 5.45. The molecule has 0 saturated heterocycles. The number of hydrogen-bond acceptors (Lipinski definition) is 3. The Bertz CT molecular complexity index is 453. The van der Waals surface area contributed by atoms with E-state index in [0.717, 1.165) is 0 Å². The zero-order chi connectivity index (χ0) is 13.8. The van der Waals surface area contributed by atoms with E-state index in [1.165, 1.54) is 13.8 Å². The first-order chi connectivity index (χ1) is 8.38. The number of hydrogen-bond donors (Lipinski definition) is 2. The SMILES string of the molecule is CC(=O)C(C)(CNC(=O)c1ccccc1)C(=O)O. The molecule has 1 amide bonds. The molecule has 0 bridgehead atoms. The minimum atomic E-state index is -1.59. The normalized spacial score (nSPS) is 13.4. The van der Waals surface area contributed by atoms with Crippen molar-refractivity contribution in [2.75, 3.05) is 6.54 Å². The number of benzene rings is 1. The number of amides is 1. The third-order valence-corrected chi connectivity index (χ3v) is 2.89. The monoisotopic (exact) mass is 249 g/mol. The Labute approximate surface area is 105 Å². The Morgan fingerprint density at radius 3 is 2.22 bits per heavy atom. The molecule has 2 N–H and O–H groups in total. The maximum Gasteiger partial charge on any atom is 0.318 e. The molecule has 0 radical (unpaired) electrons. The fraction of sp³-hybridized carbons (Fsp3) is 0.308. The van der Waals surface area contributed by atoms with Crippen LogP contribution in [0.5, 0.6) is 0 Å². The van der Waals surface area contributed by atoms with Crippen LogP contribution >= 0.6 is 0 Å². The minimum absolute atomic E-state index is 0.231. The molecule has 96 valence electrons. The van der Waals surface area contributed by atoms with Crippen LogP contribution in [0.2, 0.25) is 0 Å². The average Bonchev–Trinajstić information content (AvgIpc) is 2.36. The Hall–Kier alpha value is -2.17. The molecule has 1 aromatic rings. The number of ketones is 1. The third kappa shape index (κ3) is 2.94. The summed E-state index contributed by atoms with van der Waals surface area (Å²) in [6, 6.07) is 8.41. The zero-order valence-electron chi connectivity index (χ0n) is 10.3. The lowest BCUT2D eigenvalue weighted by Gasteiger charge is -2.21. The molecule has 0 fully saturated rings. The first-order valence-electron chi connectivity index (χ1n) is 5.45. The van der Waals surface area contributed by atoms with Crippen molar-refractivity contribution in [1.82, 2.24) is 5.32 Å². The van der Waals surface area contributed by atoms with Crippen LogP contribution in [0, 0.1) is 5.41 Å². The summed E-state index contributed by atoms with van der Waals surface area (Å²) >= 11 is 0. The van der Waals surface area contributed by atoms with E-state index in [4.69, 9.17) is 5.11 Å². The fourth-order valence-corrected chi connectivity index (χ4v) is 1.30. The first kappa shape index (κ1) is 13.9. The summed E-state index contributed by atoms with van der Waals surface area (Å²) in [5.74, 6) is -2.14. The van der Waals surface area contributed by atoms with Crippen molar-refractivity contribution in [1.29, 1.82) is 0 Å². The molecule has 1 rings (SSSR count). The van der Waals surface area contributed by atoms with Crippen molar-refractivity contribution in [3.63, 3.8) is 0 Å². The van der Waals surface area contributed by atoms with Crippen molar-refractivity contribution in [2.45, 2.75) is 13.8 Å². The highest BCUT2D eigenvalue weighted by Crippen LogP contribution is 2.17. The van der Waals surface area contributed by atoms with Crippen molar-refractivity contribution in [3.05, 3.63) is 35.9 Å². The Balaban J connectivity index is 2.73.